The van der Waals surface area contributed by atoms with Gasteiger partial charge >= 0.3 is 0 Å². The molecular formula is C14H21NO. The minimum absolute atomic E-state index is 0.172. The van der Waals surface area contributed by atoms with Crippen LogP contribution in [0.5, 0.6) is 0 Å². The van der Waals surface area contributed by atoms with E-state index in [-0.39, 0.29) is 12.1 Å². The minimum atomic E-state index is -0.199. The summed E-state index contributed by atoms with van der Waals surface area (Å²) < 4.78 is 0. The fourth-order valence-corrected chi connectivity index (χ4v) is 2.42. The van der Waals surface area contributed by atoms with E-state index < -0.39 is 0 Å². The summed E-state index contributed by atoms with van der Waals surface area (Å²) in [6, 6.07) is 9.03. The second-order valence-electron chi connectivity index (χ2n) is 5.33. The van der Waals surface area contributed by atoms with Gasteiger partial charge in [0.05, 0.1) is 6.61 Å². The van der Waals surface area contributed by atoms with E-state index >= 15 is 0 Å². The number of nitrogens with one attached hydrogen (secondary N) is 1. The van der Waals surface area contributed by atoms with Crippen molar-refractivity contribution in [1.82, 2.24) is 5.32 Å². The third-order valence-corrected chi connectivity index (χ3v) is 3.33. The Labute approximate surface area is 97.7 Å². The lowest BCUT2D eigenvalue weighted by Crippen LogP contribution is -2.45. The molecule has 0 fully saturated rings. The summed E-state index contributed by atoms with van der Waals surface area (Å²) in [6.07, 6.45) is 3.59. The average Bonchev–Trinajstić information content (AvgIpc) is 2.29. The zero-order valence-corrected chi connectivity index (χ0v) is 10.2. The summed E-state index contributed by atoms with van der Waals surface area (Å²) in [4.78, 5) is 0. The number of benzene rings is 1. The van der Waals surface area contributed by atoms with Crippen LogP contribution in [0, 0.1) is 0 Å². The van der Waals surface area contributed by atoms with Crippen molar-refractivity contribution in [1.29, 1.82) is 0 Å². The summed E-state index contributed by atoms with van der Waals surface area (Å²) >= 11 is 0. The van der Waals surface area contributed by atoms with Crippen molar-refractivity contribution >= 4 is 0 Å². The largest absolute Gasteiger partial charge is 0.394 e. The quantitative estimate of drug-likeness (QED) is 0.818. The first-order valence-electron chi connectivity index (χ1n) is 6.09. The van der Waals surface area contributed by atoms with E-state index in [9.17, 15) is 5.11 Å². The van der Waals surface area contributed by atoms with E-state index in [4.69, 9.17) is 0 Å². The van der Waals surface area contributed by atoms with Crippen molar-refractivity contribution in [2.45, 2.75) is 44.7 Å². The van der Waals surface area contributed by atoms with E-state index in [2.05, 4.69) is 29.6 Å². The van der Waals surface area contributed by atoms with Crippen LogP contribution in [0.15, 0.2) is 24.3 Å². The van der Waals surface area contributed by atoms with Gasteiger partial charge in [0.1, 0.15) is 0 Å². The fraction of sp³-hybridized carbons (Fsp3) is 0.571. The molecule has 0 radical (unpaired) electrons. The smallest absolute Gasteiger partial charge is 0.0608 e. The first-order chi connectivity index (χ1) is 7.62. The third kappa shape index (κ3) is 2.45. The molecule has 0 saturated carbocycles. The lowest BCUT2D eigenvalue weighted by atomic mass is 9.86. The maximum atomic E-state index is 9.31. The van der Waals surface area contributed by atoms with Crippen LogP contribution in [0.3, 0.4) is 0 Å². The SMILES string of the molecule is CC(C)(CO)NC1CCCc2ccccc21. The first-order valence-corrected chi connectivity index (χ1v) is 6.09. The molecule has 0 aliphatic heterocycles. The molecule has 0 heterocycles. The number of aliphatic hydroxyl groups excluding tert-OH is 1. The highest BCUT2D eigenvalue weighted by Crippen LogP contribution is 2.30. The lowest BCUT2D eigenvalue weighted by Gasteiger charge is -2.34. The lowest BCUT2D eigenvalue weighted by molar-refractivity contribution is 0.171. The number of aliphatic hydroxyl groups is 1. The molecule has 2 nitrogen and oxygen atoms in total. The molecule has 88 valence electrons. The van der Waals surface area contributed by atoms with Crippen LogP contribution in [0.2, 0.25) is 0 Å². The molecule has 2 N–H and O–H groups in total. The summed E-state index contributed by atoms with van der Waals surface area (Å²) in [5.74, 6) is 0. The molecule has 1 atom stereocenters. The van der Waals surface area contributed by atoms with E-state index in [0.29, 0.717) is 6.04 Å². The van der Waals surface area contributed by atoms with Gasteiger partial charge in [-0.2, -0.15) is 0 Å². The second-order valence-corrected chi connectivity index (χ2v) is 5.33. The van der Waals surface area contributed by atoms with Gasteiger partial charge in [-0.3, -0.25) is 0 Å². The van der Waals surface area contributed by atoms with Gasteiger partial charge in [0.15, 0.2) is 0 Å². The molecule has 2 heteroatoms. The summed E-state index contributed by atoms with van der Waals surface area (Å²) in [5.41, 5.74) is 2.67. The fourth-order valence-electron chi connectivity index (χ4n) is 2.42. The number of hydrogen-bond acceptors (Lipinski definition) is 2. The van der Waals surface area contributed by atoms with Gasteiger partial charge in [0.2, 0.25) is 0 Å². The van der Waals surface area contributed by atoms with Gasteiger partial charge < -0.3 is 10.4 Å². The highest BCUT2D eigenvalue weighted by molar-refractivity contribution is 5.32. The van der Waals surface area contributed by atoms with Crippen molar-refractivity contribution < 1.29 is 5.11 Å². The highest BCUT2D eigenvalue weighted by atomic mass is 16.3. The molecule has 2 rings (SSSR count). The number of aryl methyl sites for hydroxylation is 1. The standard InChI is InChI=1S/C14H21NO/c1-14(2,10-16)15-13-9-5-7-11-6-3-4-8-12(11)13/h3-4,6,8,13,15-16H,5,7,9-10H2,1-2H3. The maximum Gasteiger partial charge on any atom is 0.0608 e. The van der Waals surface area contributed by atoms with E-state index in [0.717, 1.165) is 0 Å². The van der Waals surface area contributed by atoms with Gasteiger partial charge in [-0.15, -0.1) is 0 Å². The van der Waals surface area contributed by atoms with Crippen molar-refractivity contribution in [3.63, 3.8) is 0 Å². The van der Waals surface area contributed by atoms with Crippen LogP contribution < -0.4 is 5.32 Å². The first kappa shape index (κ1) is 11.6. The Morgan fingerprint density at radius 1 is 1.38 bits per heavy atom. The highest BCUT2D eigenvalue weighted by Gasteiger charge is 2.25. The molecule has 1 aromatic carbocycles. The predicted molar refractivity (Wildman–Crippen MR) is 66.4 cm³/mol. The van der Waals surface area contributed by atoms with Crippen LogP contribution in [0.1, 0.15) is 43.9 Å². The maximum absolute atomic E-state index is 9.31. The Hall–Kier alpha value is -0.860. The zero-order chi connectivity index (χ0) is 11.6. The molecule has 0 bridgehead atoms. The zero-order valence-electron chi connectivity index (χ0n) is 10.2. The van der Waals surface area contributed by atoms with Gasteiger partial charge in [0, 0.05) is 11.6 Å². The Morgan fingerprint density at radius 3 is 2.88 bits per heavy atom. The molecule has 1 aromatic rings. The number of rotatable bonds is 3. The average molecular weight is 219 g/mol. The summed E-state index contributed by atoms with van der Waals surface area (Å²) in [7, 11) is 0. The number of fused-ring (bicyclic) bond motifs is 1. The van der Waals surface area contributed by atoms with Gasteiger partial charge in [-0.25, -0.2) is 0 Å². The summed E-state index contributed by atoms with van der Waals surface area (Å²) in [6.45, 7) is 4.26. The monoisotopic (exact) mass is 219 g/mol. The molecule has 1 unspecified atom stereocenters. The Balaban J connectivity index is 2.19. The predicted octanol–water partition coefficient (Wildman–Crippen LogP) is 2.42. The van der Waals surface area contributed by atoms with Gasteiger partial charge in [-0.05, 0) is 44.2 Å². The van der Waals surface area contributed by atoms with E-state index in [1.165, 1.54) is 30.4 Å². The van der Waals surface area contributed by atoms with Crippen LogP contribution >= 0.6 is 0 Å². The van der Waals surface area contributed by atoms with Crippen molar-refractivity contribution in [2.75, 3.05) is 6.61 Å². The Kier molecular flexibility index (Phi) is 3.31. The topological polar surface area (TPSA) is 32.3 Å². The summed E-state index contributed by atoms with van der Waals surface area (Å²) in [5, 5.41) is 12.9. The van der Waals surface area contributed by atoms with E-state index in [1.54, 1.807) is 0 Å². The van der Waals surface area contributed by atoms with Gasteiger partial charge in [-0.1, -0.05) is 24.3 Å². The Bertz CT molecular complexity index is 360. The van der Waals surface area contributed by atoms with Crippen molar-refractivity contribution in [3.8, 4) is 0 Å². The molecule has 0 saturated heterocycles. The molecule has 0 spiro atoms. The minimum Gasteiger partial charge on any atom is -0.394 e. The van der Waals surface area contributed by atoms with Crippen molar-refractivity contribution in [3.05, 3.63) is 35.4 Å². The molecule has 1 aliphatic rings. The van der Waals surface area contributed by atoms with Crippen LogP contribution in [-0.2, 0) is 6.42 Å². The molecule has 16 heavy (non-hydrogen) atoms. The van der Waals surface area contributed by atoms with E-state index in [1.807, 2.05) is 13.8 Å². The number of hydrogen-bond donors (Lipinski definition) is 2. The van der Waals surface area contributed by atoms with Crippen LogP contribution in [-0.4, -0.2) is 17.3 Å². The van der Waals surface area contributed by atoms with Crippen LogP contribution in [0.4, 0.5) is 0 Å². The normalized spacial score (nSPS) is 20.6. The van der Waals surface area contributed by atoms with Crippen LogP contribution in [0.25, 0.3) is 0 Å². The van der Waals surface area contributed by atoms with Crippen molar-refractivity contribution in [2.24, 2.45) is 0 Å². The molecule has 0 amide bonds. The van der Waals surface area contributed by atoms with Gasteiger partial charge in [0.25, 0.3) is 0 Å². The third-order valence-electron chi connectivity index (χ3n) is 3.33. The Morgan fingerprint density at radius 2 is 2.12 bits per heavy atom. The molecular weight excluding hydrogens is 198 g/mol. The molecule has 1 aliphatic carbocycles. The molecule has 0 aromatic heterocycles. The second kappa shape index (κ2) is 4.56.